The van der Waals surface area contributed by atoms with Gasteiger partial charge in [-0.15, -0.1) is 0 Å². The molecule has 114 valence electrons. The van der Waals surface area contributed by atoms with E-state index in [4.69, 9.17) is 0 Å². The highest BCUT2D eigenvalue weighted by molar-refractivity contribution is 7.89. The molecule has 2 N–H and O–H groups in total. The molecule has 0 saturated heterocycles. The number of thiophene rings is 1. The molecule has 2 aromatic rings. The maximum absolute atomic E-state index is 12.5. The summed E-state index contributed by atoms with van der Waals surface area (Å²) >= 11 is 1.61. The Balaban J connectivity index is 2.14. The van der Waals surface area contributed by atoms with E-state index in [1.807, 2.05) is 30.7 Å². The average Bonchev–Trinajstić information content (AvgIpc) is 2.91. The summed E-state index contributed by atoms with van der Waals surface area (Å²) in [4.78, 5) is 4.27. The van der Waals surface area contributed by atoms with E-state index in [1.54, 1.807) is 29.7 Å². The topological polar surface area (TPSA) is 71.1 Å². The number of aromatic nitrogens is 1. The first-order valence-electron chi connectivity index (χ1n) is 6.75. The smallest absolute Gasteiger partial charge is 0.244 e. The third-order valence-electron chi connectivity index (χ3n) is 2.88. The van der Waals surface area contributed by atoms with Gasteiger partial charge in [0.05, 0.1) is 0 Å². The second-order valence-electron chi connectivity index (χ2n) is 4.74. The number of anilines is 1. The summed E-state index contributed by atoms with van der Waals surface area (Å²) in [5, 5.41) is 6.99. The average molecular weight is 325 g/mol. The van der Waals surface area contributed by atoms with E-state index in [2.05, 4.69) is 15.0 Å². The maximum atomic E-state index is 12.5. The van der Waals surface area contributed by atoms with Crippen molar-refractivity contribution < 1.29 is 8.42 Å². The molecule has 0 aliphatic carbocycles. The van der Waals surface area contributed by atoms with Crippen molar-refractivity contribution in [1.82, 2.24) is 9.71 Å². The lowest BCUT2D eigenvalue weighted by molar-refractivity contribution is 0.560. The third-order valence-corrected chi connectivity index (χ3v) is 5.24. The molecule has 0 spiro atoms. The van der Waals surface area contributed by atoms with Crippen molar-refractivity contribution in [2.24, 2.45) is 0 Å². The number of hydrogen-bond acceptors (Lipinski definition) is 5. The van der Waals surface area contributed by atoms with Gasteiger partial charge < -0.3 is 5.32 Å². The molecule has 0 aromatic carbocycles. The van der Waals surface area contributed by atoms with Crippen LogP contribution in [0.5, 0.6) is 0 Å². The SMILES string of the molecule is CCNc1ncccc1S(=O)(=O)NC(C)Cc1ccsc1. The molecule has 5 nitrogen and oxygen atoms in total. The molecule has 0 aliphatic heterocycles. The van der Waals surface area contributed by atoms with E-state index in [9.17, 15) is 8.42 Å². The van der Waals surface area contributed by atoms with Gasteiger partial charge in [0.25, 0.3) is 0 Å². The monoisotopic (exact) mass is 325 g/mol. The molecule has 0 fully saturated rings. The van der Waals surface area contributed by atoms with E-state index in [0.717, 1.165) is 5.56 Å². The van der Waals surface area contributed by atoms with Crippen LogP contribution in [0.1, 0.15) is 19.4 Å². The van der Waals surface area contributed by atoms with Gasteiger partial charge in [-0.25, -0.2) is 18.1 Å². The van der Waals surface area contributed by atoms with Gasteiger partial charge in [0, 0.05) is 18.8 Å². The van der Waals surface area contributed by atoms with Crippen molar-refractivity contribution in [2.45, 2.75) is 31.2 Å². The Morgan fingerprint density at radius 3 is 2.86 bits per heavy atom. The minimum absolute atomic E-state index is 0.181. The fourth-order valence-corrected chi connectivity index (χ4v) is 4.10. The van der Waals surface area contributed by atoms with E-state index in [-0.39, 0.29) is 10.9 Å². The zero-order chi connectivity index (χ0) is 15.3. The number of pyridine rings is 1. The molecule has 0 saturated carbocycles. The summed E-state index contributed by atoms with van der Waals surface area (Å²) in [6.45, 7) is 4.38. The molecule has 0 amide bonds. The van der Waals surface area contributed by atoms with Crippen LogP contribution in [0, 0.1) is 0 Å². The van der Waals surface area contributed by atoms with Crippen LogP contribution in [0.15, 0.2) is 40.1 Å². The Morgan fingerprint density at radius 2 is 2.19 bits per heavy atom. The highest BCUT2D eigenvalue weighted by Gasteiger charge is 2.21. The summed E-state index contributed by atoms with van der Waals surface area (Å²) in [6.07, 6.45) is 2.24. The Hall–Kier alpha value is -1.44. The van der Waals surface area contributed by atoms with Gasteiger partial charge in [0.1, 0.15) is 10.7 Å². The number of nitrogens with one attached hydrogen (secondary N) is 2. The van der Waals surface area contributed by atoms with Crippen molar-refractivity contribution in [3.63, 3.8) is 0 Å². The standard InChI is InChI=1S/C14H19N3O2S2/c1-3-15-14-13(5-4-7-16-14)21(18,19)17-11(2)9-12-6-8-20-10-12/h4-8,10-11,17H,3,9H2,1-2H3,(H,15,16). The van der Waals surface area contributed by atoms with Crippen molar-refractivity contribution >= 4 is 27.2 Å². The van der Waals surface area contributed by atoms with Gasteiger partial charge in [-0.2, -0.15) is 11.3 Å². The van der Waals surface area contributed by atoms with Gasteiger partial charge in [-0.1, -0.05) is 0 Å². The highest BCUT2D eigenvalue weighted by Crippen LogP contribution is 2.18. The second kappa shape index (κ2) is 7.02. The lowest BCUT2D eigenvalue weighted by Crippen LogP contribution is -2.34. The zero-order valence-electron chi connectivity index (χ0n) is 12.0. The molecule has 0 bridgehead atoms. The Kier molecular flexibility index (Phi) is 5.33. The molecular formula is C14H19N3O2S2. The maximum Gasteiger partial charge on any atom is 0.244 e. The minimum Gasteiger partial charge on any atom is -0.369 e. The fraction of sp³-hybridized carbons (Fsp3) is 0.357. The second-order valence-corrected chi connectivity index (χ2v) is 7.20. The van der Waals surface area contributed by atoms with E-state index < -0.39 is 10.0 Å². The van der Waals surface area contributed by atoms with Crippen LogP contribution in [0.4, 0.5) is 5.82 Å². The number of hydrogen-bond donors (Lipinski definition) is 2. The molecule has 2 aromatic heterocycles. The summed E-state index contributed by atoms with van der Waals surface area (Å²) in [5.74, 6) is 0.384. The minimum atomic E-state index is -3.59. The zero-order valence-corrected chi connectivity index (χ0v) is 13.7. The fourth-order valence-electron chi connectivity index (χ4n) is 2.04. The first-order chi connectivity index (χ1) is 10.0. The number of nitrogens with zero attached hydrogens (tertiary/aromatic N) is 1. The number of rotatable bonds is 7. The summed E-state index contributed by atoms with van der Waals surface area (Å²) < 4.78 is 27.7. The molecule has 21 heavy (non-hydrogen) atoms. The Labute approximate surface area is 129 Å². The quantitative estimate of drug-likeness (QED) is 0.820. The normalized spacial score (nSPS) is 13.0. The van der Waals surface area contributed by atoms with E-state index in [0.29, 0.717) is 18.8 Å². The summed E-state index contributed by atoms with van der Waals surface area (Å²) in [7, 11) is -3.59. The van der Waals surface area contributed by atoms with Gasteiger partial charge in [0.15, 0.2) is 0 Å². The number of sulfonamides is 1. The Bertz CT molecular complexity index is 669. The van der Waals surface area contributed by atoms with Gasteiger partial charge in [0.2, 0.25) is 10.0 Å². The van der Waals surface area contributed by atoms with Gasteiger partial charge in [-0.3, -0.25) is 0 Å². The van der Waals surface area contributed by atoms with Gasteiger partial charge >= 0.3 is 0 Å². The highest BCUT2D eigenvalue weighted by atomic mass is 32.2. The summed E-state index contributed by atoms with van der Waals surface area (Å²) in [5.41, 5.74) is 1.13. The molecule has 2 heterocycles. The van der Waals surface area contributed by atoms with Crippen LogP contribution in [0.3, 0.4) is 0 Å². The van der Waals surface area contributed by atoms with Crippen molar-refractivity contribution in [3.8, 4) is 0 Å². The molecule has 1 atom stereocenters. The lowest BCUT2D eigenvalue weighted by atomic mass is 10.1. The Morgan fingerprint density at radius 1 is 1.38 bits per heavy atom. The first kappa shape index (κ1) is 15.9. The predicted molar refractivity (Wildman–Crippen MR) is 86.2 cm³/mol. The molecule has 2 rings (SSSR count). The lowest BCUT2D eigenvalue weighted by Gasteiger charge is -2.15. The van der Waals surface area contributed by atoms with E-state index >= 15 is 0 Å². The van der Waals surface area contributed by atoms with Crippen molar-refractivity contribution in [3.05, 3.63) is 40.7 Å². The van der Waals surface area contributed by atoms with Crippen molar-refractivity contribution in [2.75, 3.05) is 11.9 Å². The van der Waals surface area contributed by atoms with Crippen LogP contribution in [0.25, 0.3) is 0 Å². The van der Waals surface area contributed by atoms with E-state index in [1.165, 1.54) is 0 Å². The van der Waals surface area contributed by atoms with Crippen LogP contribution in [-0.4, -0.2) is 26.0 Å². The van der Waals surface area contributed by atoms with Crippen LogP contribution in [0.2, 0.25) is 0 Å². The van der Waals surface area contributed by atoms with Crippen LogP contribution in [-0.2, 0) is 16.4 Å². The van der Waals surface area contributed by atoms with Crippen LogP contribution < -0.4 is 10.0 Å². The molecule has 7 heteroatoms. The van der Waals surface area contributed by atoms with Gasteiger partial charge in [-0.05, 0) is 54.8 Å². The largest absolute Gasteiger partial charge is 0.369 e. The predicted octanol–water partition coefficient (Wildman–Crippen LogP) is 2.48. The first-order valence-corrected chi connectivity index (χ1v) is 9.18. The van der Waals surface area contributed by atoms with Crippen molar-refractivity contribution in [1.29, 1.82) is 0 Å². The molecule has 0 radical (unpaired) electrons. The summed E-state index contributed by atoms with van der Waals surface area (Å²) in [6, 6.07) is 5.01. The van der Waals surface area contributed by atoms with Crippen LogP contribution >= 0.6 is 11.3 Å². The third kappa shape index (κ3) is 4.26. The molecule has 1 unspecified atom stereocenters. The molecular weight excluding hydrogens is 306 g/mol. The molecule has 0 aliphatic rings.